The number of hydrogen-bond donors (Lipinski definition) is 3. The van der Waals surface area contributed by atoms with Gasteiger partial charge >= 0.3 is 0 Å². The lowest BCUT2D eigenvalue weighted by Gasteiger charge is -2.14. The van der Waals surface area contributed by atoms with Crippen LogP contribution in [0.5, 0.6) is 0 Å². The number of halogens is 4. The maximum Gasteiger partial charge on any atom is 0.258 e. The number of pyridine rings is 1. The summed E-state index contributed by atoms with van der Waals surface area (Å²) < 4.78 is 57.6. The van der Waals surface area contributed by atoms with Crippen molar-refractivity contribution >= 4 is 23.2 Å². The standard InChI is InChI=1S/C22H18F4N4O2/c23-13-3-1-4-14(24)19(13)20-15(25)7-6-12(21(20)26)22(32)30-17-11-28-10-8-16(17)29-18(31)5-2-9-27/h1,3-4,6-8,10-11H,2,5,9,27H2,(H,30,32)(H,28,29,31). The monoisotopic (exact) mass is 446 g/mol. The molecule has 0 radical (unpaired) electrons. The van der Waals surface area contributed by atoms with Crippen LogP contribution in [0.2, 0.25) is 0 Å². The van der Waals surface area contributed by atoms with Crippen LogP contribution >= 0.6 is 0 Å². The molecule has 0 aliphatic carbocycles. The molecule has 4 N–H and O–H groups in total. The van der Waals surface area contributed by atoms with Gasteiger partial charge in [0.2, 0.25) is 5.91 Å². The van der Waals surface area contributed by atoms with Crippen LogP contribution in [0, 0.1) is 23.3 Å². The molecule has 1 heterocycles. The Morgan fingerprint density at radius 3 is 2.25 bits per heavy atom. The minimum atomic E-state index is -1.44. The molecule has 10 heteroatoms. The van der Waals surface area contributed by atoms with Crippen LogP contribution < -0.4 is 16.4 Å². The molecular weight excluding hydrogens is 428 g/mol. The zero-order valence-electron chi connectivity index (χ0n) is 16.6. The van der Waals surface area contributed by atoms with Gasteiger partial charge in [-0.15, -0.1) is 0 Å². The Hall–Kier alpha value is -3.79. The van der Waals surface area contributed by atoms with E-state index in [0.717, 1.165) is 30.3 Å². The summed E-state index contributed by atoms with van der Waals surface area (Å²) in [7, 11) is 0. The lowest BCUT2D eigenvalue weighted by atomic mass is 9.99. The predicted molar refractivity (Wildman–Crippen MR) is 111 cm³/mol. The Bertz CT molecular complexity index is 1150. The van der Waals surface area contributed by atoms with Crippen molar-refractivity contribution in [2.24, 2.45) is 5.73 Å². The van der Waals surface area contributed by atoms with E-state index in [1.807, 2.05) is 0 Å². The molecule has 32 heavy (non-hydrogen) atoms. The van der Waals surface area contributed by atoms with Gasteiger partial charge in [0, 0.05) is 12.6 Å². The second kappa shape index (κ2) is 10.0. The number of amides is 2. The van der Waals surface area contributed by atoms with Gasteiger partial charge in [-0.2, -0.15) is 0 Å². The van der Waals surface area contributed by atoms with Crippen molar-refractivity contribution in [3.05, 3.63) is 77.6 Å². The van der Waals surface area contributed by atoms with E-state index in [4.69, 9.17) is 5.73 Å². The van der Waals surface area contributed by atoms with Crippen LogP contribution in [0.15, 0.2) is 48.8 Å². The fourth-order valence-corrected chi connectivity index (χ4v) is 2.96. The summed E-state index contributed by atoms with van der Waals surface area (Å²) in [5.74, 6) is -6.44. The molecule has 0 saturated heterocycles. The van der Waals surface area contributed by atoms with Crippen LogP contribution in [0.25, 0.3) is 11.1 Å². The van der Waals surface area contributed by atoms with Gasteiger partial charge in [-0.3, -0.25) is 14.6 Å². The van der Waals surface area contributed by atoms with Gasteiger partial charge in [-0.05, 0) is 43.3 Å². The number of carbonyl (C=O) groups excluding carboxylic acids is 2. The molecule has 0 fully saturated rings. The third-order valence-corrected chi connectivity index (χ3v) is 4.50. The number of nitrogens with two attached hydrogens (primary N) is 1. The van der Waals surface area contributed by atoms with E-state index in [2.05, 4.69) is 15.6 Å². The van der Waals surface area contributed by atoms with Crippen molar-refractivity contribution < 1.29 is 27.2 Å². The number of aromatic nitrogens is 1. The van der Waals surface area contributed by atoms with Crippen molar-refractivity contribution in [3.8, 4) is 11.1 Å². The minimum Gasteiger partial charge on any atom is -0.330 e. The second-order valence-corrected chi connectivity index (χ2v) is 6.70. The molecule has 0 spiro atoms. The Morgan fingerprint density at radius 2 is 1.56 bits per heavy atom. The van der Waals surface area contributed by atoms with Crippen molar-refractivity contribution in [3.63, 3.8) is 0 Å². The number of hydrogen-bond acceptors (Lipinski definition) is 4. The van der Waals surface area contributed by atoms with Gasteiger partial charge < -0.3 is 16.4 Å². The molecule has 2 amide bonds. The normalized spacial score (nSPS) is 10.7. The SMILES string of the molecule is NCCCC(=O)Nc1ccncc1NC(=O)c1ccc(F)c(-c2c(F)cccc2F)c1F. The molecule has 1 aromatic heterocycles. The zero-order valence-corrected chi connectivity index (χ0v) is 16.6. The van der Waals surface area contributed by atoms with Gasteiger partial charge in [0.15, 0.2) is 0 Å². The molecule has 166 valence electrons. The highest BCUT2D eigenvalue weighted by molar-refractivity contribution is 6.07. The first kappa shape index (κ1) is 22.9. The summed E-state index contributed by atoms with van der Waals surface area (Å²) in [5.41, 5.74) is 3.02. The molecular formula is C22H18F4N4O2. The summed E-state index contributed by atoms with van der Waals surface area (Å²) in [6, 6.07) is 5.73. The van der Waals surface area contributed by atoms with Crippen molar-refractivity contribution in [2.75, 3.05) is 17.2 Å². The number of nitrogens with one attached hydrogen (secondary N) is 2. The molecule has 0 bridgehead atoms. The first-order valence-electron chi connectivity index (χ1n) is 9.51. The van der Waals surface area contributed by atoms with Crippen LogP contribution in [0.1, 0.15) is 23.2 Å². The quantitative estimate of drug-likeness (QED) is 0.473. The lowest BCUT2D eigenvalue weighted by Crippen LogP contribution is -2.18. The van der Waals surface area contributed by atoms with Crippen LogP contribution in [-0.4, -0.2) is 23.3 Å². The molecule has 0 aliphatic heterocycles. The summed E-state index contributed by atoms with van der Waals surface area (Å²) in [6.45, 7) is 0.322. The van der Waals surface area contributed by atoms with E-state index in [0.29, 0.717) is 13.0 Å². The van der Waals surface area contributed by atoms with E-state index in [1.54, 1.807) is 0 Å². The zero-order chi connectivity index (χ0) is 23.3. The van der Waals surface area contributed by atoms with Gasteiger partial charge in [0.1, 0.15) is 23.3 Å². The number of nitrogens with zero attached hydrogens (tertiary/aromatic N) is 1. The lowest BCUT2D eigenvalue weighted by molar-refractivity contribution is -0.116. The number of rotatable bonds is 7. The first-order valence-corrected chi connectivity index (χ1v) is 9.51. The third kappa shape index (κ3) is 4.92. The molecule has 0 unspecified atom stereocenters. The summed E-state index contributed by atoms with van der Waals surface area (Å²) in [4.78, 5) is 28.5. The average Bonchev–Trinajstić information content (AvgIpc) is 2.75. The number of benzene rings is 2. The maximum atomic E-state index is 15.1. The van der Waals surface area contributed by atoms with E-state index in [1.165, 1.54) is 18.5 Å². The van der Waals surface area contributed by atoms with Gasteiger partial charge in [-0.1, -0.05) is 6.07 Å². The summed E-state index contributed by atoms with van der Waals surface area (Å²) in [6.07, 6.45) is 3.19. The van der Waals surface area contributed by atoms with Crippen molar-refractivity contribution in [1.82, 2.24) is 4.98 Å². The highest BCUT2D eigenvalue weighted by atomic mass is 19.1. The minimum absolute atomic E-state index is 0.0425. The van der Waals surface area contributed by atoms with E-state index in [9.17, 15) is 22.8 Å². The second-order valence-electron chi connectivity index (χ2n) is 6.70. The first-order chi connectivity index (χ1) is 15.3. The molecule has 0 atom stereocenters. The summed E-state index contributed by atoms with van der Waals surface area (Å²) in [5, 5.41) is 4.94. The fraction of sp³-hybridized carbons (Fsp3) is 0.136. The Labute approximate surface area is 180 Å². The van der Waals surface area contributed by atoms with Crippen LogP contribution in [0.4, 0.5) is 28.9 Å². The molecule has 6 nitrogen and oxygen atoms in total. The Balaban J connectivity index is 1.93. The van der Waals surface area contributed by atoms with E-state index >= 15 is 4.39 Å². The van der Waals surface area contributed by atoms with Crippen LogP contribution in [0.3, 0.4) is 0 Å². The van der Waals surface area contributed by atoms with Crippen molar-refractivity contribution in [2.45, 2.75) is 12.8 Å². The van der Waals surface area contributed by atoms with Gasteiger partial charge in [0.25, 0.3) is 5.91 Å². The Morgan fingerprint density at radius 1 is 0.875 bits per heavy atom. The molecule has 2 aromatic carbocycles. The van der Waals surface area contributed by atoms with E-state index < -0.39 is 45.9 Å². The van der Waals surface area contributed by atoms with E-state index in [-0.39, 0.29) is 23.7 Å². The Kier molecular flexibility index (Phi) is 7.16. The smallest absolute Gasteiger partial charge is 0.258 e. The van der Waals surface area contributed by atoms with Crippen molar-refractivity contribution in [1.29, 1.82) is 0 Å². The fourth-order valence-electron chi connectivity index (χ4n) is 2.96. The molecule has 3 aromatic rings. The maximum absolute atomic E-state index is 15.1. The molecule has 0 saturated carbocycles. The van der Waals surface area contributed by atoms with Gasteiger partial charge in [-0.25, -0.2) is 17.6 Å². The highest BCUT2D eigenvalue weighted by Gasteiger charge is 2.25. The molecule has 0 aliphatic rings. The number of carbonyl (C=O) groups is 2. The third-order valence-electron chi connectivity index (χ3n) is 4.50. The number of anilines is 2. The topological polar surface area (TPSA) is 97.1 Å². The molecule has 3 rings (SSSR count). The van der Waals surface area contributed by atoms with Gasteiger partial charge in [0.05, 0.1) is 34.3 Å². The average molecular weight is 446 g/mol. The van der Waals surface area contributed by atoms with Crippen LogP contribution in [-0.2, 0) is 4.79 Å². The highest BCUT2D eigenvalue weighted by Crippen LogP contribution is 2.33. The predicted octanol–water partition coefficient (Wildman–Crippen LogP) is 4.23. The largest absolute Gasteiger partial charge is 0.330 e. The summed E-state index contributed by atoms with van der Waals surface area (Å²) >= 11 is 0.